The molecule has 2 aromatic carbocycles. The standard InChI is InChI=1S/C21H20N4O4/c1-13-22-18(24-16-10-6-4-8-14(16)20(26)28-2)12-19(23-13)25-17-11-7-5-9-15(17)21(27)29-3/h4-12H,1-3H3,(H2,22,23,24,25). The normalized spacial score (nSPS) is 10.2. The van der Waals surface area contributed by atoms with Gasteiger partial charge in [-0.05, 0) is 31.2 Å². The van der Waals surface area contributed by atoms with Gasteiger partial charge < -0.3 is 20.1 Å². The molecule has 0 saturated heterocycles. The average Bonchev–Trinajstić information content (AvgIpc) is 2.73. The summed E-state index contributed by atoms with van der Waals surface area (Å²) in [7, 11) is 2.66. The second-order valence-corrected chi connectivity index (χ2v) is 6.01. The number of benzene rings is 2. The molecule has 3 rings (SSSR count). The van der Waals surface area contributed by atoms with Gasteiger partial charge in [0, 0.05) is 6.07 Å². The lowest BCUT2D eigenvalue weighted by Gasteiger charge is -2.13. The molecule has 2 N–H and O–H groups in total. The number of methoxy groups -OCH3 is 2. The van der Waals surface area contributed by atoms with Gasteiger partial charge in [0.2, 0.25) is 0 Å². The van der Waals surface area contributed by atoms with E-state index in [-0.39, 0.29) is 0 Å². The zero-order valence-electron chi connectivity index (χ0n) is 16.2. The molecule has 3 aromatic rings. The third-order valence-electron chi connectivity index (χ3n) is 4.03. The van der Waals surface area contributed by atoms with Gasteiger partial charge in [-0.15, -0.1) is 0 Å². The number of carbonyl (C=O) groups excluding carboxylic acids is 2. The van der Waals surface area contributed by atoms with Crippen LogP contribution in [0.15, 0.2) is 54.6 Å². The van der Waals surface area contributed by atoms with Gasteiger partial charge in [0.05, 0.1) is 36.7 Å². The number of rotatable bonds is 6. The summed E-state index contributed by atoms with van der Waals surface area (Å²) in [6, 6.07) is 15.6. The highest BCUT2D eigenvalue weighted by Gasteiger charge is 2.14. The van der Waals surface area contributed by atoms with E-state index in [4.69, 9.17) is 9.47 Å². The number of aryl methyl sites for hydroxylation is 1. The summed E-state index contributed by atoms with van der Waals surface area (Å²) in [6.07, 6.45) is 0. The van der Waals surface area contributed by atoms with E-state index in [1.165, 1.54) is 14.2 Å². The lowest BCUT2D eigenvalue weighted by atomic mass is 10.1. The Morgan fingerprint density at radius 3 is 1.59 bits per heavy atom. The molecule has 29 heavy (non-hydrogen) atoms. The lowest BCUT2D eigenvalue weighted by molar-refractivity contribution is 0.0593. The first-order valence-electron chi connectivity index (χ1n) is 8.76. The van der Waals surface area contributed by atoms with Crippen LogP contribution < -0.4 is 10.6 Å². The van der Waals surface area contributed by atoms with Crippen molar-refractivity contribution >= 4 is 34.9 Å². The lowest BCUT2D eigenvalue weighted by Crippen LogP contribution is -2.08. The van der Waals surface area contributed by atoms with E-state index in [0.717, 1.165) is 0 Å². The first-order valence-corrected chi connectivity index (χ1v) is 8.76. The number of nitrogens with one attached hydrogen (secondary N) is 2. The maximum Gasteiger partial charge on any atom is 0.339 e. The molecule has 8 heteroatoms. The molecule has 0 fully saturated rings. The van der Waals surface area contributed by atoms with E-state index in [9.17, 15) is 9.59 Å². The van der Waals surface area contributed by atoms with Crippen molar-refractivity contribution in [3.63, 3.8) is 0 Å². The summed E-state index contributed by atoms with van der Waals surface area (Å²) in [5, 5.41) is 6.24. The van der Waals surface area contributed by atoms with Gasteiger partial charge in [0.1, 0.15) is 17.5 Å². The zero-order valence-corrected chi connectivity index (χ0v) is 16.2. The van der Waals surface area contributed by atoms with Crippen molar-refractivity contribution in [3.05, 3.63) is 71.5 Å². The van der Waals surface area contributed by atoms with Gasteiger partial charge in [-0.1, -0.05) is 24.3 Å². The van der Waals surface area contributed by atoms with Crippen molar-refractivity contribution in [2.45, 2.75) is 6.92 Å². The highest BCUT2D eigenvalue weighted by molar-refractivity contribution is 5.97. The molecule has 0 atom stereocenters. The number of esters is 2. The predicted octanol–water partition coefficient (Wildman–Crippen LogP) is 3.85. The van der Waals surface area contributed by atoms with E-state index in [2.05, 4.69) is 20.6 Å². The summed E-state index contributed by atoms with van der Waals surface area (Å²) in [6.45, 7) is 1.74. The van der Waals surface area contributed by atoms with Crippen molar-refractivity contribution in [1.29, 1.82) is 0 Å². The Balaban J connectivity index is 1.91. The molecule has 1 aromatic heterocycles. The maximum atomic E-state index is 12.0. The number of carbonyl (C=O) groups is 2. The van der Waals surface area contributed by atoms with Gasteiger partial charge in [-0.3, -0.25) is 0 Å². The molecule has 148 valence electrons. The van der Waals surface area contributed by atoms with Crippen LogP contribution in [-0.2, 0) is 9.47 Å². The van der Waals surface area contributed by atoms with E-state index in [0.29, 0.717) is 40.0 Å². The Bertz CT molecular complexity index is 973. The maximum absolute atomic E-state index is 12.0. The first kappa shape index (κ1) is 19.8. The second-order valence-electron chi connectivity index (χ2n) is 6.01. The molecule has 0 aliphatic heterocycles. The largest absolute Gasteiger partial charge is 0.465 e. The smallest absolute Gasteiger partial charge is 0.339 e. The van der Waals surface area contributed by atoms with E-state index < -0.39 is 11.9 Å². The monoisotopic (exact) mass is 392 g/mol. The van der Waals surface area contributed by atoms with Crippen LogP contribution in [0.4, 0.5) is 23.0 Å². The van der Waals surface area contributed by atoms with Crippen LogP contribution in [0.1, 0.15) is 26.5 Å². The van der Waals surface area contributed by atoms with Crippen molar-refractivity contribution in [2.75, 3.05) is 24.9 Å². The van der Waals surface area contributed by atoms with Crippen LogP contribution in [0.25, 0.3) is 0 Å². The third-order valence-corrected chi connectivity index (χ3v) is 4.03. The molecule has 8 nitrogen and oxygen atoms in total. The van der Waals surface area contributed by atoms with Crippen molar-refractivity contribution in [2.24, 2.45) is 0 Å². The third kappa shape index (κ3) is 4.67. The van der Waals surface area contributed by atoms with Crippen LogP contribution in [0.2, 0.25) is 0 Å². The Labute approximate surface area is 167 Å². The van der Waals surface area contributed by atoms with Gasteiger partial charge in [0.15, 0.2) is 0 Å². The molecule has 0 radical (unpaired) electrons. The fourth-order valence-corrected chi connectivity index (χ4v) is 2.73. The number of nitrogens with zero attached hydrogens (tertiary/aromatic N) is 2. The number of ether oxygens (including phenoxy) is 2. The van der Waals surface area contributed by atoms with Gasteiger partial charge >= 0.3 is 11.9 Å². The van der Waals surface area contributed by atoms with Crippen LogP contribution in [0.3, 0.4) is 0 Å². The molecule has 0 aliphatic rings. The Hall–Kier alpha value is -3.94. The Morgan fingerprint density at radius 2 is 1.17 bits per heavy atom. The summed E-state index contributed by atoms with van der Waals surface area (Å²) in [5.41, 5.74) is 1.88. The highest BCUT2D eigenvalue weighted by atomic mass is 16.5. The predicted molar refractivity (Wildman–Crippen MR) is 109 cm³/mol. The molecule has 0 saturated carbocycles. The van der Waals surface area contributed by atoms with E-state index in [1.54, 1.807) is 61.5 Å². The molecule has 1 heterocycles. The Morgan fingerprint density at radius 1 is 0.759 bits per heavy atom. The van der Waals surface area contributed by atoms with Crippen molar-refractivity contribution in [1.82, 2.24) is 9.97 Å². The minimum absolute atomic E-state index is 0.386. The Kier molecular flexibility index (Phi) is 6.03. The molecule has 0 spiro atoms. The zero-order chi connectivity index (χ0) is 20.8. The number of hydrogen-bond acceptors (Lipinski definition) is 8. The van der Waals surface area contributed by atoms with Crippen LogP contribution in [-0.4, -0.2) is 36.1 Å². The number of para-hydroxylation sites is 2. The molecular weight excluding hydrogens is 372 g/mol. The summed E-state index contributed by atoms with van der Waals surface area (Å²) < 4.78 is 9.64. The van der Waals surface area contributed by atoms with Crippen molar-refractivity contribution < 1.29 is 19.1 Å². The van der Waals surface area contributed by atoms with E-state index in [1.807, 2.05) is 0 Å². The molecule has 0 bridgehead atoms. The average molecular weight is 392 g/mol. The fourth-order valence-electron chi connectivity index (χ4n) is 2.73. The number of anilines is 4. The van der Waals surface area contributed by atoms with Gasteiger partial charge in [-0.2, -0.15) is 0 Å². The SMILES string of the molecule is COC(=O)c1ccccc1Nc1cc(Nc2ccccc2C(=O)OC)nc(C)n1. The second kappa shape index (κ2) is 8.83. The van der Waals surface area contributed by atoms with Gasteiger partial charge in [-0.25, -0.2) is 19.6 Å². The van der Waals surface area contributed by atoms with Crippen LogP contribution in [0.5, 0.6) is 0 Å². The summed E-state index contributed by atoms with van der Waals surface area (Å²) >= 11 is 0. The molecule has 0 amide bonds. The summed E-state index contributed by atoms with van der Waals surface area (Å²) in [4.78, 5) is 32.7. The molecular formula is C21H20N4O4. The first-order chi connectivity index (χ1) is 14.0. The minimum Gasteiger partial charge on any atom is -0.465 e. The van der Waals surface area contributed by atoms with Gasteiger partial charge in [0.25, 0.3) is 0 Å². The number of aromatic nitrogens is 2. The summed E-state index contributed by atoms with van der Waals surface area (Å²) in [5.74, 6) is 0.552. The molecule has 0 aliphatic carbocycles. The number of hydrogen-bond donors (Lipinski definition) is 2. The van der Waals surface area contributed by atoms with Crippen LogP contribution in [0, 0.1) is 6.92 Å². The van der Waals surface area contributed by atoms with Crippen molar-refractivity contribution in [3.8, 4) is 0 Å². The van der Waals surface area contributed by atoms with E-state index >= 15 is 0 Å². The minimum atomic E-state index is -0.454. The highest BCUT2D eigenvalue weighted by Crippen LogP contribution is 2.25. The van der Waals surface area contributed by atoms with Crippen LogP contribution >= 0.6 is 0 Å². The topological polar surface area (TPSA) is 102 Å². The fraction of sp³-hybridized carbons (Fsp3) is 0.143. The molecule has 0 unspecified atom stereocenters. The quantitative estimate of drug-likeness (QED) is 0.610.